The molecular weight excluding hydrogens is 455 g/mol. The number of thiocarbonyl (C=S) groups is 1. The van der Waals surface area contributed by atoms with Gasteiger partial charge in [-0.3, -0.25) is 20.2 Å². The van der Waals surface area contributed by atoms with Gasteiger partial charge in [0.15, 0.2) is 5.11 Å². The number of benzene rings is 1. The van der Waals surface area contributed by atoms with Crippen LogP contribution < -0.4 is 10.6 Å². The van der Waals surface area contributed by atoms with Crippen molar-refractivity contribution < 1.29 is 9.72 Å². The minimum atomic E-state index is -0.662. The summed E-state index contributed by atoms with van der Waals surface area (Å²) in [5, 5.41) is 16.0. The summed E-state index contributed by atoms with van der Waals surface area (Å²) in [4.78, 5) is 26.3. The van der Waals surface area contributed by atoms with Crippen LogP contribution in [0.15, 0.2) is 36.5 Å². The van der Waals surface area contributed by atoms with Gasteiger partial charge >= 0.3 is 0 Å². The van der Waals surface area contributed by atoms with E-state index in [0.717, 1.165) is 9.64 Å². The molecule has 0 aliphatic rings. The number of aromatic nitrogens is 1. The number of nitro benzene ring substituents is 1. The van der Waals surface area contributed by atoms with Gasteiger partial charge < -0.3 is 5.32 Å². The largest absolute Gasteiger partial charge is 0.317 e. The third kappa shape index (κ3) is 4.81. The fraction of sp³-hybridized carbons (Fsp3) is 0. The number of hydrogen-bond donors (Lipinski definition) is 2. The Morgan fingerprint density at radius 3 is 2.70 bits per heavy atom. The number of rotatable bonds is 3. The van der Waals surface area contributed by atoms with Crippen molar-refractivity contribution in [1.29, 1.82) is 0 Å². The summed E-state index contributed by atoms with van der Waals surface area (Å²) in [5.41, 5.74) is -0.279. The molecule has 1 aromatic heterocycles. The molecule has 2 N–H and O–H groups in total. The van der Waals surface area contributed by atoms with Crippen LogP contribution in [-0.4, -0.2) is 20.9 Å². The first-order valence-electron chi connectivity index (χ1n) is 6.04. The van der Waals surface area contributed by atoms with E-state index < -0.39 is 10.8 Å². The van der Waals surface area contributed by atoms with Crippen molar-refractivity contribution in [3.63, 3.8) is 0 Å². The fourth-order valence-corrected chi connectivity index (χ4v) is 2.27. The summed E-state index contributed by atoms with van der Waals surface area (Å²) < 4.78 is 0.955. The number of carbonyl (C=O) groups excluding carboxylic acids is 1. The number of nitrogens with one attached hydrogen (secondary N) is 2. The maximum Gasteiger partial charge on any atom is 0.288 e. The van der Waals surface area contributed by atoms with E-state index >= 15 is 0 Å². The Bertz CT molecular complexity index is 785. The lowest BCUT2D eigenvalue weighted by Crippen LogP contribution is -2.34. The van der Waals surface area contributed by atoms with E-state index in [4.69, 9.17) is 23.8 Å². The van der Waals surface area contributed by atoms with Crippen LogP contribution in [0.5, 0.6) is 0 Å². The molecule has 10 heteroatoms. The highest BCUT2D eigenvalue weighted by atomic mass is 127. The van der Waals surface area contributed by atoms with Gasteiger partial charge in [0.2, 0.25) is 0 Å². The second kappa shape index (κ2) is 7.62. The lowest BCUT2D eigenvalue weighted by Gasteiger charge is -2.09. The van der Waals surface area contributed by atoms with Crippen LogP contribution in [0.1, 0.15) is 10.4 Å². The van der Waals surface area contributed by atoms with E-state index in [9.17, 15) is 14.9 Å². The number of nitrogens with zero attached hydrogens (tertiary/aromatic N) is 2. The Hall–Kier alpha value is -1.85. The molecular formula is C13H8ClIN4O3S. The van der Waals surface area contributed by atoms with Gasteiger partial charge in [-0.15, -0.1) is 0 Å². The Morgan fingerprint density at radius 2 is 2.09 bits per heavy atom. The molecule has 0 atom stereocenters. The Morgan fingerprint density at radius 1 is 1.35 bits per heavy atom. The summed E-state index contributed by atoms with van der Waals surface area (Å²) in [5.74, 6) is -0.120. The zero-order valence-corrected chi connectivity index (χ0v) is 15.0. The van der Waals surface area contributed by atoms with Crippen LogP contribution in [0.3, 0.4) is 0 Å². The molecule has 1 amide bonds. The van der Waals surface area contributed by atoms with Crippen LogP contribution in [0.25, 0.3) is 0 Å². The van der Waals surface area contributed by atoms with Gasteiger partial charge in [-0.05, 0) is 59.1 Å². The quantitative estimate of drug-likeness (QED) is 0.314. The molecule has 23 heavy (non-hydrogen) atoms. The molecule has 1 heterocycles. The lowest BCUT2D eigenvalue weighted by atomic mass is 10.2. The number of hydrogen-bond acceptors (Lipinski definition) is 5. The molecule has 0 saturated carbocycles. The molecule has 0 spiro atoms. The molecule has 0 fully saturated rings. The first kappa shape index (κ1) is 17.5. The maximum absolute atomic E-state index is 12.1. The zero-order chi connectivity index (χ0) is 17.0. The molecule has 0 aliphatic heterocycles. The van der Waals surface area contributed by atoms with Crippen molar-refractivity contribution in [1.82, 2.24) is 10.3 Å². The van der Waals surface area contributed by atoms with E-state index in [-0.39, 0.29) is 21.4 Å². The predicted molar refractivity (Wildman–Crippen MR) is 98.7 cm³/mol. The van der Waals surface area contributed by atoms with Crippen molar-refractivity contribution >= 4 is 68.9 Å². The molecule has 0 saturated heterocycles. The summed E-state index contributed by atoms with van der Waals surface area (Å²) >= 11 is 12.8. The minimum absolute atomic E-state index is 0.0290. The van der Waals surface area contributed by atoms with Crippen molar-refractivity contribution in [3.05, 3.63) is 60.8 Å². The monoisotopic (exact) mass is 462 g/mol. The van der Waals surface area contributed by atoms with Gasteiger partial charge in [-0.2, -0.15) is 0 Å². The van der Waals surface area contributed by atoms with Gasteiger partial charge in [0, 0.05) is 21.4 Å². The van der Waals surface area contributed by atoms with Crippen LogP contribution in [0.2, 0.25) is 5.02 Å². The van der Waals surface area contributed by atoms with Crippen molar-refractivity contribution in [2.24, 2.45) is 0 Å². The number of anilines is 1. The van der Waals surface area contributed by atoms with Crippen LogP contribution in [0, 0.1) is 13.7 Å². The highest BCUT2D eigenvalue weighted by Crippen LogP contribution is 2.24. The molecule has 118 valence electrons. The predicted octanol–water partition coefficient (Wildman–Crippen LogP) is 3.37. The fourth-order valence-electron chi connectivity index (χ4n) is 1.57. The molecule has 0 bridgehead atoms. The van der Waals surface area contributed by atoms with Gasteiger partial charge in [-0.25, -0.2) is 4.98 Å². The molecule has 7 nitrogen and oxygen atoms in total. The lowest BCUT2D eigenvalue weighted by molar-refractivity contribution is -0.384. The van der Waals surface area contributed by atoms with Gasteiger partial charge in [-0.1, -0.05) is 11.6 Å². The summed E-state index contributed by atoms with van der Waals surface area (Å²) in [7, 11) is 0. The molecule has 2 aromatic rings. The van der Waals surface area contributed by atoms with Crippen molar-refractivity contribution in [3.8, 4) is 0 Å². The summed E-state index contributed by atoms with van der Waals surface area (Å²) in [6, 6.07) is 7.27. The third-order valence-corrected chi connectivity index (χ3v) is 3.76. The number of carbonyl (C=O) groups is 1. The maximum atomic E-state index is 12.1. The number of amides is 1. The topological polar surface area (TPSA) is 97.2 Å². The second-order valence-electron chi connectivity index (χ2n) is 4.19. The number of halogens is 2. The number of pyridine rings is 1. The molecule has 2 rings (SSSR count). The first-order chi connectivity index (χ1) is 10.9. The van der Waals surface area contributed by atoms with Crippen molar-refractivity contribution in [2.45, 2.75) is 0 Å². The van der Waals surface area contributed by atoms with Gasteiger partial charge in [0.05, 0.1) is 4.92 Å². The van der Waals surface area contributed by atoms with E-state index in [1.54, 1.807) is 12.3 Å². The minimum Gasteiger partial charge on any atom is -0.317 e. The second-order valence-corrected chi connectivity index (χ2v) is 6.25. The summed E-state index contributed by atoms with van der Waals surface area (Å²) in [6.45, 7) is 0. The van der Waals surface area contributed by atoms with E-state index in [0.29, 0.717) is 5.82 Å². The Balaban J connectivity index is 2.06. The SMILES string of the molecule is O=C(NC(=S)Nc1ccc(I)cn1)c1ccc(Cl)c([N+](=O)[O-])c1. The standard InChI is InChI=1S/C13H8ClIN4O3S/c14-9-3-1-7(5-10(9)19(21)22)12(20)18-13(23)17-11-4-2-8(15)6-16-11/h1-6H,(H2,16,17,18,20,23). The first-order valence-corrected chi connectivity index (χ1v) is 7.91. The van der Waals surface area contributed by atoms with Gasteiger partial charge in [0.25, 0.3) is 11.6 Å². The van der Waals surface area contributed by atoms with E-state index in [2.05, 4.69) is 38.2 Å². The molecule has 0 aliphatic carbocycles. The van der Waals surface area contributed by atoms with E-state index in [1.165, 1.54) is 12.1 Å². The average Bonchev–Trinajstić information content (AvgIpc) is 2.49. The van der Waals surface area contributed by atoms with Crippen LogP contribution >= 0.6 is 46.4 Å². The average molecular weight is 463 g/mol. The Kier molecular flexibility index (Phi) is 5.80. The summed E-state index contributed by atoms with van der Waals surface area (Å²) in [6.07, 6.45) is 1.63. The number of nitro groups is 1. The molecule has 1 aromatic carbocycles. The smallest absolute Gasteiger partial charge is 0.288 e. The van der Waals surface area contributed by atoms with Crippen LogP contribution in [-0.2, 0) is 0 Å². The Labute approximate surface area is 154 Å². The van der Waals surface area contributed by atoms with Crippen LogP contribution in [0.4, 0.5) is 11.5 Å². The normalized spacial score (nSPS) is 10.0. The molecule has 0 unspecified atom stereocenters. The molecule has 0 radical (unpaired) electrons. The highest BCUT2D eigenvalue weighted by Gasteiger charge is 2.17. The van der Waals surface area contributed by atoms with Crippen molar-refractivity contribution in [2.75, 3.05) is 5.32 Å². The third-order valence-electron chi connectivity index (χ3n) is 2.60. The van der Waals surface area contributed by atoms with E-state index in [1.807, 2.05) is 6.07 Å². The van der Waals surface area contributed by atoms with Gasteiger partial charge in [0.1, 0.15) is 10.8 Å². The zero-order valence-electron chi connectivity index (χ0n) is 11.2. The highest BCUT2D eigenvalue weighted by molar-refractivity contribution is 14.1.